The van der Waals surface area contributed by atoms with Crippen molar-refractivity contribution < 1.29 is 19.1 Å². The second-order valence-corrected chi connectivity index (χ2v) is 5.44. The smallest absolute Gasteiger partial charge is 0.364 e. The first kappa shape index (κ1) is 17.2. The van der Waals surface area contributed by atoms with Crippen LogP contribution in [0.2, 0.25) is 0 Å². The SMILES string of the molecule is COc1ccc(C(N)=O)c(OC(=O)c2nn(C)c(=O)c3ccccc23)c1. The summed E-state index contributed by atoms with van der Waals surface area (Å²) in [5.41, 5.74) is 4.95. The molecule has 0 aliphatic rings. The summed E-state index contributed by atoms with van der Waals surface area (Å²) >= 11 is 0. The quantitative estimate of drug-likeness (QED) is 0.558. The Morgan fingerprint density at radius 3 is 2.46 bits per heavy atom. The fourth-order valence-corrected chi connectivity index (χ4v) is 2.52. The molecule has 3 rings (SSSR count). The third-order valence-corrected chi connectivity index (χ3v) is 3.81. The third kappa shape index (κ3) is 3.00. The molecule has 0 spiro atoms. The maximum absolute atomic E-state index is 12.7. The van der Waals surface area contributed by atoms with Gasteiger partial charge in [-0.1, -0.05) is 18.2 Å². The number of nitrogens with zero attached hydrogens (tertiary/aromatic N) is 2. The number of ether oxygens (including phenoxy) is 2. The summed E-state index contributed by atoms with van der Waals surface area (Å²) in [6.07, 6.45) is 0. The van der Waals surface area contributed by atoms with E-state index in [4.69, 9.17) is 15.2 Å². The minimum Gasteiger partial charge on any atom is -0.497 e. The van der Waals surface area contributed by atoms with Crippen LogP contribution in [-0.2, 0) is 7.05 Å². The van der Waals surface area contributed by atoms with Crippen molar-refractivity contribution in [3.8, 4) is 11.5 Å². The zero-order valence-corrected chi connectivity index (χ0v) is 14.1. The molecule has 0 bridgehead atoms. The van der Waals surface area contributed by atoms with Crippen molar-refractivity contribution in [3.63, 3.8) is 0 Å². The van der Waals surface area contributed by atoms with Crippen LogP contribution in [0.1, 0.15) is 20.8 Å². The number of amides is 1. The lowest BCUT2D eigenvalue weighted by Gasteiger charge is -2.11. The summed E-state index contributed by atoms with van der Waals surface area (Å²) in [6, 6.07) is 10.9. The Balaban J connectivity index is 2.10. The van der Waals surface area contributed by atoms with Gasteiger partial charge in [-0.25, -0.2) is 9.48 Å². The molecule has 1 heterocycles. The van der Waals surface area contributed by atoms with Crippen molar-refractivity contribution in [3.05, 3.63) is 64.1 Å². The lowest BCUT2D eigenvalue weighted by Crippen LogP contribution is -2.25. The minimum absolute atomic E-state index is 0.0216. The zero-order valence-electron chi connectivity index (χ0n) is 14.1. The Hall–Kier alpha value is -3.68. The molecule has 132 valence electrons. The van der Waals surface area contributed by atoms with Crippen molar-refractivity contribution in [1.82, 2.24) is 9.78 Å². The summed E-state index contributed by atoms with van der Waals surface area (Å²) in [6.45, 7) is 0. The monoisotopic (exact) mass is 353 g/mol. The second-order valence-electron chi connectivity index (χ2n) is 5.44. The van der Waals surface area contributed by atoms with Crippen molar-refractivity contribution in [2.75, 3.05) is 7.11 Å². The molecule has 0 radical (unpaired) electrons. The highest BCUT2D eigenvalue weighted by molar-refractivity contribution is 6.04. The summed E-state index contributed by atoms with van der Waals surface area (Å²) in [5.74, 6) is -1.25. The predicted molar refractivity (Wildman–Crippen MR) is 93.5 cm³/mol. The molecular formula is C18H15N3O5. The molecule has 0 saturated heterocycles. The molecular weight excluding hydrogens is 338 g/mol. The first-order chi connectivity index (χ1) is 12.4. The molecule has 8 heteroatoms. The van der Waals surface area contributed by atoms with Crippen LogP contribution in [0.5, 0.6) is 11.5 Å². The van der Waals surface area contributed by atoms with Gasteiger partial charge in [0, 0.05) is 18.5 Å². The van der Waals surface area contributed by atoms with E-state index in [0.29, 0.717) is 16.5 Å². The highest BCUT2D eigenvalue weighted by Gasteiger charge is 2.20. The first-order valence-corrected chi connectivity index (χ1v) is 7.58. The van der Waals surface area contributed by atoms with Gasteiger partial charge in [-0.15, -0.1) is 0 Å². The Morgan fingerprint density at radius 2 is 1.81 bits per heavy atom. The van der Waals surface area contributed by atoms with Gasteiger partial charge < -0.3 is 15.2 Å². The molecule has 2 N–H and O–H groups in total. The van der Waals surface area contributed by atoms with Crippen molar-refractivity contribution >= 4 is 22.6 Å². The number of benzene rings is 2. The van der Waals surface area contributed by atoms with Crippen LogP contribution in [0, 0.1) is 0 Å². The Morgan fingerprint density at radius 1 is 1.12 bits per heavy atom. The van der Waals surface area contributed by atoms with E-state index in [1.807, 2.05) is 0 Å². The molecule has 1 aromatic heterocycles. The van der Waals surface area contributed by atoms with Crippen molar-refractivity contribution in [1.29, 1.82) is 0 Å². The largest absolute Gasteiger partial charge is 0.497 e. The van der Waals surface area contributed by atoms with E-state index in [-0.39, 0.29) is 22.6 Å². The van der Waals surface area contributed by atoms with E-state index in [0.717, 1.165) is 4.68 Å². The van der Waals surface area contributed by atoms with Crippen molar-refractivity contribution in [2.45, 2.75) is 0 Å². The fourth-order valence-electron chi connectivity index (χ4n) is 2.52. The van der Waals surface area contributed by atoms with E-state index in [2.05, 4.69) is 5.10 Å². The number of rotatable bonds is 4. The Kier molecular flexibility index (Phi) is 4.40. The van der Waals surface area contributed by atoms with E-state index in [1.54, 1.807) is 24.3 Å². The molecule has 0 aliphatic heterocycles. The number of aromatic nitrogens is 2. The van der Waals surface area contributed by atoms with Gasteiger partial charge in [-0.05, 0) is 18.2 Å². The van der Waals surface area contributed by atoms with Crippen LogP contribution in [-0.4, -0.2) is 28.8 Å². The maximum atomic E-state index is 12.7. The third-order valence-electron chi connectivity index (χ3n) is 3.81. The summed E-state index contributed by atoms with van der Waals surface area (Å²) in [4.78, 5) is 36.4. The molecule has 0 unspecified atom stereocenters. The number of esters is 1. The van der Waals surface area contributed by atoms with Gasteiger partial charge in [0.2, 0.25) is 0 Å². The lowest BCUT2D eigenvalue weighted by atomic mass is 10.1. The summed E-state index contributed by atoms with van der Waals surface area (Å²) in [5, 5.41) is 4.68. The van der Waals surface area contributed by atoms with Crippen LogP contribution < -0.4 is 20.8 Å². The Bertz CT molecular complexity index is 1090. The number of primary amides is 1. The topological polar surface area (TPSA) is 114 Å². The van der Waals surface area contributed by atoms with E-state index < -0.39 is 11.9 Å². The average molecular weight is 353 g/mol. The standard InChI is InChI=1S/C18H15N3O5/c1-21-17(23)12-6-4-3-5-11(12)15(20-21)18(24)26-14-9-10(25-2)7-8-13(14)16(19)22/h3-9H,1-2H3,(H2,19,22). The number of carbonyl (C=O) groups excluding carboxylic acids is 2. The number of methoxy groups -OCH3 is 1. The van der Waals surface area contributed by atoms with E-state index >= 15 is 0 Å². The molecule has 8 nitrogen and oxygen atoms in total. The number of hydrogen-bond acceptors (Lipinski definition) is 6. The Labute approximate surface area is 147 Å². The van der Waals surface area contributed by atoms with Crippen LogP contribution in [0.4, 0.5) is 0 Å². The van der Waals surface area contributed by atoms with Crippen LogP contribution in [0.25, 0.3) is 10.8 Å². The van der Waals surface area contributed by atoms with E-state index in [1.165, 1.54) is 32.4 Å². The molecule has 1 amide bonds. The van der Waals surface area contributed by atoms with Gasteiger partial charge in [0.1, 0.15) is 11.5 Å². The fraction of sp³-hybridized carbons (Fsp3) is 0.111. The van der Waals surface area contributed by atoms with Gasteiger partial charge in [-0.3, -0.25) is 9.59 Å². The normalized spacial score (nSPS) is 10.5. The molecule has 2 aromatic carbocycles. The highest BCUT2D eigenvalue weighted by Crippen LogP contribution is 2.26. The molecule has 0 fully saturated rings. The first-order valence-electron chi connectivity index (χ1n) is 7.58. The summed E-state index contributed by atoms with van der Waals surface area (Å²) < 4.78 is 11.5. The number of nitrogens with two attached hydrogens (primary N) is 1. The molecule has 3 aromatic rings. The molecule has 26 heavy (non-hydrogen) atoms. The second kappa shape index (κ2) is 6.67. The molecule has 0 atom stereocenters. The highest BCUT2D eigenvalue weighted by atomic mass is 16.5. The zero-order chi connectivity index (χ0) is 18.8. The van der Waals surface area contributed by atoms with E-state index in [9.17, 15) is 14.4 Å². The molecule has 0 aliphatic carbocycles. The average Bonchev–Trinajstić information content (AvgIpc) is 2.64. The van der Waals surface area contributed by atoms with Crippen LogP contribution in [0.3, 0.4) is 0 Å². The number of carbonyl (C=O) groups is 2. The maximum Gasteiger partial charge on any atom is 0.364 e. The van der Waals surface area contributed by atoms with Gasteiger partial charge in [0.05, 0.1) is 18.1 Å². The van der Waals surface area contributed by atoms with Crippen LogP contribution >= 0.6 is 0 Å². The van der Waals surface area contributed by atoms with Gasteiger partial charge in [0.15, 0.2) is 5.69 Å². The van der Waals surface area contributed by atoms with Gasteiger partial charge >= 0.3 is 5.97 Å². The number of fused-ring (bicyclic) bond motifs is 1. The van der Waals surface area contributed by atoms with Gasteiger partial charge in [0.25, 0.3) is 11.5 Å². The minimum atomic E-state index is -0.826. The lowest BCUT2D eigenvalue weighted by molar-refractivity contribution is 0.0726. The summed E-state index contributed by atoms with van der Waals surface area (Å²) in [7, 11) is 2.87. The number of hydrogen-bond donors (Lipinski definition) is 1. The van der Waals surface area contributed by atoms with Crippen molar-refractivity contribution in [2.24, 2.45) is 12.8 Å². The predicted octanol–water partition coefficient (Wildman–Crippen LogP) is 1.26. The number of aryl methyl sites for hydroxylation is 1. The van der Waals surface area contributed by atoms with Crippen LogP contribution in [0.15, 0.2) is 47.3 Å². The van der Waals surface area contributed by atoms with Gasteiger partial charge in [-0.2, -0.15) is 5.10 Å². The molecule has 0 saturated carbocycles.